The van der Waals surface area contributed by atoms with Crippen molar-refractivity contribution in [2.24, 2.45) is 11.7 Å². The first-order valence-corrected chi connectivity index (χ1v) is 21.1. The number of aliphatic carboxylic acids is 1. The van der Waals surface area contributed by atoms with Gasteiger partial charge < -0.3 is 63.4 Å². The molecule has 12 N–H and O–H groups in total. The highest BCUT2D eigenvalue weighted by Gasteiger charge is 2.47. The molecule has 22 heteroatoms. The largest absolute Gasteiger partial charge is 0.481 e. The minimum absolute atomic E-state index is 0.145. The highest BCUT2D eigenvalue weighted by Crippen LogP contribution is 2.32. The number of amides is 9. The number of benzene rings is 1. The number of primary amides is 1. The summed E-state index contributed by atoms with van der Waals surface area (Å²) >= 11 is 0. The van der Waals surface area contributed by atoms with Crippen LogP contribution in [0, 0.1) is 5.92 Å². The summed E-state index contributed by atoms with van der Waals surface area (Å²) in [5, 5.41) is 40.0. The molecule has 63 heavy (non-hydrogen) atoms. The summed E-state index contributed by atoms with van der Waals surface area (Å²) in [5.74, 6) is -8.84. The first kappa shape index (κ1) is 49.5. The van der Waals surface area contributed by atoms with Crippen LogP contribution in [0.25, 0.3) is 0 Å². The Hall–Kier alpha value is -6.16. The van der Waals surface area contributed by atoms with Crippen LogP contribution in [0.2, 0.25) is 0 Å². The number of piperidine rings is 1. The van der Waals surface area contributed by atoms with E-state index in [-0.39, 0.29) is 18.9 Å². The topological polar surface area (TPSA) is 337 Å². The van der Waals surface area contributed by atoms with E-state index in [1.165, 1.54) is 18.7 Å². The van der Waals surface area contributed by atoms with Gasteiger partial charge in [0.05, 0.1) is 25.1 Å². The molecule has 3 saturated heterocycles. The fourth-order valence-corrected chi connectivity index (χ4v) is 7.82. The Morgan fingerprint density at radius 3 is 2.05 bits per heavy atom. The number of hydrogen-bond donors (Lipinski definition) is 11. The smallest absolute Gasteiger partial charge is 0.305 e. The maximum atomic E-state index is 13.7. The summed E-state index contributed by atoms with van der Waals surface area (Å²) in [6.45, 7) is 5.78. The molecule has 0 radical (unpaired) electrons. The lowest BCUT2D eigenvalue weighted by Crippen LogP contribution is -2.61. The van der Waals surface area contributed by atoms with Gasteiger partial charge in [-0.3, -0.25) is 47.9 Å². The first-order valence-electron chi connectivity index (χ1n) is 21.1. The Labute approximate surface area is 364 Å². The molecule has 0 aromatic heterocycles. The van der Waals surface area contributed by atoms with Gasteiger partial charge in [0.2, 0.25) is 53.2 Å². The molecule has 9 amide bonds. The Morgan fingerprint density at radius 1 is 0.778 bits per heavy atom. The predicted octanol–water partition coefficient (Wildman–Crippen LogP) is -3.82. The van der Waals surface area contributed by atoms with Crippen LogP contribution < -0.4 is 48.3 Å². The van der Waals surface area contributed by atoms with E-state index in [4.69, 9.17) is 5.73 Å². The van der Waals surface area contributed by atoms with Crippen molar-refractivity contribution in [2.75, 3.05) is 13.1 Å². The fourth-order valence-electron chi connectivity index (χ4n) is 7.82. The van der Waals surface area contributed by atoms with Crippen molar-refractivity contribution in [3.63, 3.8) is 0 Å². The van der Waals surface area contributed by atoms with Crippen LogP contribution in [-0.4, -0.2) is 148 Å². The molecule has 0 spiro atoms. The predicted molar refractivity (Wildman–Crippen MR) is 222 cm³/mol. The third-order valence-electron chi connectivity index (χ3n) is 11.3. The maximum absolute atomic E-state index is 13.7. The average Bonchev–Trinajstić information content (AvgIpc) is 3.93. The SMILES string of the molecule is CC(C)[C@H](NC(=O)[C@H](CC(=O)O)NC(=O)[C@@H](NC(=O)[C@@H]1CCCN1)[C@@H](C)O)C(=O)NCC(=O)N[C@H]1CC[C@H]2CC[C@@H](C(=O)N[C@@H](C)C(=O)N[C@@H](Cc3ccccc3)C(N)=O)N2C1=O. The summed E-state index contributed by atoms with van der Waals surface area (Å²) in [6, 6.07) is -0.639. The first-order chi connectivity index (χ1) is 29.8. The van der Waals surface area contributed by atoms with E-state index in [1.807, 2.05) is 0 Å². The molecule has 3 heterocycles. The molecule has 3 fully saturated rings. The van der Waals surface area contributed by atoms with Gasteiger partial charge in [-0.2, -0.15) is 0 Å². The molecular weight excluding hydrogens is 825 g/mol. The molecule has 0 bridgehead atoms. The van der Waals surface area contributed by atoms with Crippen LogP contribution in [0.15, 0.2) is 30.3 Å². The zero-order chi connectivity index (χ0) is 46.5. The summed E-state index contributed by atoms with van der Waals surface area (Å²) < 4.78 is 0. The van der Waals surface area contributed by atoms with E-state index in [0.29, 0.717) is 32.2 Å². The minimum Gasteiger partial charge on any atom is -0.481 e. The molecule has 1 aromatic rings. The van der Waals surface area contributed by atoms with Crippen molar-refractivity contribution < 1.29 is 58.2 Å². The third kappa shape index (κ3) is 13.9. The second-order valence-electron chi connectivity index (χ2n) is 16.6. The molecule has 22 nitrogen and oxygen atoms in total. The summed E-state index contributed by atoms with van der Waals surface area (Å²) in [7, 11) is 0. The molecule has 4 rings (SSSR count). The number of aliphatic hydroxyl groups is 1. The lowest BCUT2D eigenvalue weighted by Gasteiger charge is -2.38. The van der Waals surface area contributed by atoms with Crippen LogP contribution in [0.1, 0.15) is 78.2 Å². The van der Waals surface area contributed by atoms with E-state index in [0.717, 1.165) is 12.0 Å². The summed E-state index contributed by atoms with van der Waals surface area (Å²) in [6.07, 6.45) is 0.575. The zero-order valence-electron chi connectivity index (χ0n) is 35.8. The number of nitrogens with two attached hydrogens (primary N) is 1. The number of fused-ring (bicyclic) bond motifs is 1. The second-order valence-corrected chi connectivity index (χ2v) is 16.6. The lowest BCUT2D eigenvalue weighted by molar-refractivity contribution is -0.146. The number of hydrogen-bond acceptors (Lipinski definition) is 12. The van der Waals surface area contributed by atoms with E-state index in [1.54, 1.807) is 44.2 Å². The van der Waals surface area contributed by atoms with E-state index < -0.39 is 132 Å². The van der Waals surface area contributed by atoms with Crippen LogP contribution in [-0.2, 0) is 54.4 Å². The number of aliphatic hydroxyl groups excluding tert-OH is 1. The molecule has 0 unspecified atom stereocenters. The second kappa shape index (κ2) is 22.8. The van der Waals surface area contributed by atoms with Crippen molar-refractivity contribution in [2.45, 2.75) is 140 Å². The molecule has 1 aromatic carbocycles. The molecule has 0 saturated carbocycles. The highest BCUT2D eigenvalue weighted by molar-refractivity contribution is 5.98. The van der Waals surface area contributed by atoms with E-state index >= 15 is 0 Å². The minimum atomic E-state index is -1.73. The van der Waals surface area contributed by atoms with Gasteiger partial charge in [0, 0.05) is 12.5 Å². The number of rotatable bonds is 21. The van der Waals surface area contributed by atoms with Gasteiger partial charge in [-0.1, -0.05) is 44.2 Å². The van der Waals surface area contributed by atoms with Crippen molar-refractivity contribution in [1.29, 1.82) is 0 Å². The van der Waals surface area contributed by atoms with Crippen LogP contribution in [0.5, 0.6) is 0 Å². The van der Waals surface area contributed by atoms with E-state index in [9.17, 15) is 58.2 Å². The standard InChI is InChI=1S/C41H60N10O12/c1-20(2)32(49-37(59)28(18-31(54)55)48-40(62)33(22(4)52)50-36(58)25-11-8-16-43-25)39(61)44-19-30(53)46-26-14-12-24-13-15-29(51(24)41(26)63)38(60)45-21(3)35(57)47-27(34(42)56)17-23-9-6-5-7-10-23/h5-7,9-10,20-22,24-29,32-33,43,52H,8,11-19H2,1-4H3,(H2,42,56)(H,44,61)(H,45,60)(H,46,53)(H,47,57)(H,48,62)(H,49,59)(H,50,58)(H,54,55)/t21-,22+,24-,25-,26-,27-,28-,29-,32-,33-/m0/s1. The van der Waals surface area contributed by atoms with Crippen LogP contribution >= 0.6 is 0 Å². The lowest BCUT2D eigenvalue weighted by atomic mass is 9.98. The Kier molecular flexibility index (Phi) is 17.9. The monoisotopic (exact) mass is 884 g/mol. The Morgan fingerprint density at radius 2 is 1.44 bits per heavy atom. The molecule has 10 atom stereocenters. The maximum Gasteiger partial charge on any atom is 0.305 e. The van der Waals surface area contributed by atoms with E-state index in [2.05, 4.69) is 42.5 Å². The van der Waals surface area contributed by atoms with Crippen LogP contribution in [0.4, 0.5) is 0 Å². The Balaban J connectivity index is 1.30. The van der Waals surface area contributed by atoms with Gasteiger partial charge in [0.1, 0.15) is 42.3 Å². The zero-order valence-corrected chi connectivity index (χ0v) is 35.8. The van der Waals surface area contributed by atoms with Gasteiger partial charge >= 0.3 is 5.97 Å². The van der Waals surface area contributed by atoms with Gasteiger partial charge in [0.25, 0.3) is 0 Å². The van der Waals surface area contributed by atoms with Gasteiger partial charge in [-0.15, -0.1) is 0 Å². The quantitative estimate of drug-likeness (QED) is 0.0565. The molecule has 3 aliphatic rings. The average molecular weight is 885 g/mol. The Bertz CT molecular complexity index is 1870. The van der Waals surface area contributed by atoms with Gasteiger partial charge in [0.15, 0.2) is 0 Å². The molecule has 3 aliphatic heterocycles. The van der Waals surface area contributed by atoms with Crippen molar-refractivity contribution in [3.05, 3.63) is 35.9 Å². The molecule has 0 aliphatic carbocycles. The number of carbonyl (C=O) groups excluding carboxylic acids is 9. The summed E-state index contributed by atoms with van der Waals surface area (Å²) in [5.41, 5.74) is 6.29. The summed E-state index contributed by atoms with van der Waals surface area (Å²) in [4.78, 5) is 131. The number of carboxylic acid groups (broad SMARTS) is 1. The molecular formula is C41H60N10O12. The number of carboxylic acids is 1. The van der Waals surface area contributed by atoms with Crippen LogP contribution in [0.3, 0.4) is 0 Å². The number of nitrogens with zero attached hydrogens (tertiary/aromatic N) is 1. The van der Waals surface area contributed by atoms with Crippen molar-refractivity contribution >= 4 is 59.1 Å². The molecule has 346 valence electrons. The van der Waals surface area contributed by atoms with Crippen molar-refractivity contribution in [3.8, 4) is 0 Å². The third-order valence-corrected chi connectivity index (χ3v) is 11.3. The normalized spacial score (nSPS) is 22.2. The van der Waals surface area contributed by atoms with Crippen molar-refractivity contribution in [1.82, 2.24) is 47.4 Å². The van der Waals surface area contributed by atoms with Gasteiger partial charge in [-0.05, 0) is 70.4 Å². The number of nitrogens with one attached hydrogen (secondary N) is 8. The fraction of sp³-hybridized carbons (Fsp3) is 0.610. The number of carbonyl (C=O) groups is 10. The highest BCUT2D eigenvalue weighted by atomic mass is 16.4. The van der Waals surface area contributed by atoms with Gasteiger partial charge in [-0.25, -0.2) is 0 Å².